The molecule has 0 saturated carbocycles. The van der Waals surface area contributed by atoms with E-state index in [4.69, 9.17) is 0 Å². The van der Waals surface area contributed by atoms with E-state index in [1.54, 1.807) is 32.0 Å². The second-order valence-corrected chi connectivity index (χ2v) is 7.79. The van der Waals surface area contributed by atoms with Crippen molar-refractivity contribution in [3.8, 4) is 17.2 Å². The summed E-state index contributed by atoms with van der Waals surface area (Å²) in [5.74, 6) is -3.10. The van der Waals surface area contributed by atoms with Crippen LogP contribution < -0.4 is 0 Å². The zero-order valence-corrected chi connectivity index (χ0v) is 20.5. The molecule has 190 valence electrons. The summed E-state index contributed by atoms with van der Waals surface area (Å²) in [6, 6.07) is 11.7. The minimum absolute atomic E-state index is 0. The Kier molecular flexibility index (Phi) is 7.36. The minimum Gasteiger partial charge on any atom is -0.345 e. The fourth-order valence-electron chi connectivity index (χ4n) is 3.10. The Hall–Kier alpha value is -3.21. The van der Waals surface area contributed by atoms with E-state index in [2.05, 4.69) is 31.2 Å². The maximum Gasteiger partial charge on any atom is 2.00 e. The topological polar surface area (TPSA) is 69.4 Å². The summed E-state index contributed by atoms with van der Waals surface area (Å²) in [6.45, 7) is 3.40. The summed E-state index contributed by atoms with van der Waals surface area (Å²) in [5, 5.41) is 3.45. The monoisotopic (exact) mass is 689 g/mol. The third-order valence-corrected chi connectivity index (χ3v) is 4.94. The molecule has 0 bridgehead atoms. The first-order valence-corrected chi connectivity index (χ1v) is 9.80. The molecule has 0 atom stereocenters. The van der Waals surface area contributed by atoms with Crippen LogP contribution in [0.15, 0.2) is 42.5 Å². The SMILES string of the molecule is CC(C)(c1cccc(-c2[c-]c(F)nc(C(F)(F)F)n2)n1)c1cccc(-n2[c-]cc(C(F)(F)F)n2)n1.[Pt+2]. The summed E-state index contributed by atoms with van der Waals surface area (Å²) in [5.41, 5.74) is -2.01. The van der Waals surface area contributed by atoms with Gasteiger partial charge in [-0.3, -0.25) is 15.1 Å². The van der Waals surface area contributed by atoms with Crippen molar-refractivity contribution in [1.29, 1.82) is 0 Å². The molecule has 0 amide bonds. The van der Waals surface area contributed by atoms with Crippen LogP contribution in [0.3, 0.4) is 0 Å². The Balaban J connectivity index is 0.00000361. The molecule has 0 spiro atoms. The number of hydrogen-bond acceptors (Lipinski definition) is 5. The smallest absolute Gasteiger partial charge is 0.345 e. The van der Waals surface area contributed by atoms with E-state index in [0.29, 0.717) is 17.5 Å². The Labute approximate surface area is 213 Å². The third-order valence-electron chi connectivity index (χ3n) is 4.94. The molecule has 0 fully saturated rings. The molecule has 14 heteroatoms. The van der Waals surface area contributed by atoms with E-state index in [0.717, 1.165) is 4.68 Å². The largest absolute Gasteiger partial charge is 2.00 e. The molecule has 4 heterocycles. The van der Waals surface area contributed by atoms with Crippen molar-refractivity contribution in [2.75, 3.05) is 0 Å². The molecular weight excluding hydrogens is 676 g/mol. The summed E-state index contributed by atoms with van der Waals surface area (Å²) in [4.78, 5) is 14.7. The number of aromatic nitrogens is 6. The van der Waals surface area contributed by atoms with Crippen LogP contribution in [0.5, 0.6) is 0 Å². The predicted octanol–water partition coefficient (Wildman–Crippen LogP) is 5.22. The van der Waals surface area contributed by atoms with E-state index in [-0.39, 0.29) is 32.6 Å². The molecule has 0 unspecified atom stereocenters. The van der Waals surface area contributed by atoms with Gasteiger partial charge in [-0.15, -0.1) is 12.1 Å². The molecule has 4 aromatic rings. The van der Waals surface area contributed by atoms with Gasteiger partial charge in [-0.2, -0.15) is 32.4 Å². The first-order valence-electron chi connectivity index (χ1n) is 9.80. The molecule has 36 heavy (non-hydrogen) atoms. The molecule has 4 aromatic heterocycles. The van der Waals surface area contributed by atoms with Gasteiger partial charge in [0.2, 0.25) is 5.82 Å². The van der Waals surface area contributed by atoms with Crippen LogP contribution in [0.1, 0.15) is 36.8 Å². The van der Waals surface area contributed by atoms with E-state index in [1.165, 1.54) is 18.2 Å². The molecule has 0 aliphatic rings. The average molecular weight is 689 g/mol. The van der Waals surface area contributed by atoms with Crippen LogP contribution in [0.25, 0.3) is 17.2 Å². The van der Waals surface area contributed by atoms with Crippen LogP contribution >= 0.6 is 0 Å². The van der Waals surface area contributed by atoms with Gasteiger partial charge in [0.25, 0.3) is 0 Å². The van der Waals surface area contributed by atoms with Crippen LogP contribution in [0, 0.1) is 18.2 Å². The van der Waals surface area contributed by atoms with E-state index < -0.39 is 40.9 Å². The zero-order valence-electron chi connectivity index (χ0n) is 18.2. The fraction of sp³-hybridized carbons (Fsp3) is 0.227. The van der Waals surface area contributed by atoms with Gasteiger partial charge in [0.1, 0.15) is 5.95 Å². The van der Waals surface area contributed by atoms with Gasteiger partial charge in [-0.05, 0) is 26.0 Å². The summed E-state index contributed by atoms with van der Waals surface area (Å²) in [6.07, 6.45) is -7.26. The van der Waals surface area contributed by atoms with Crippen molar-refractivity contribution >= 4 is 0 Å². The van der Waals surface area contributed by atoms with Crippen molar-refractivity contribution in [3.05, 3.63) is 83.6 Å². The molecule has 4 rings (SSSR count). The van der Waals surface area contributed by atoms with Crippen LogP contribution in [-0.2, 0) is 38.8 Å². The quantitative estimate of drug-likeness (QED) is 0.167. The minimum atomic E-state index is -4.97. The first kappa shape index (κ1) is 27.4. The van der Waals surface area contributed by atoms with Crippen LogP contribution in [-0.4, -0.2) is 29.7 Å². The van der Waals surface area contributed by atoms with Gasteiger partial charge < -0.3 is 9.67 Å². The summed E-state index contributed by atoms with van der Waals surface area (Å²) >= 11 is 0. The zero-order chi connectivity index (χ0) is 25.6. The summed E-state index contributed by atoms with van der Waals surface area (Å²) in [7, 11) is 0. The third kappa shape index (κ3) is 5.61. The van der Waals surface area contributed by atoms with E-state index in [9.17, 15) is 30.7 Å². The van der Waals surface area contributed by atoms with Gasteiger partial charge >= 0.3 is 33.4 Å². The number of rotatable bonds is 4. The maximum absolute atomic E-state index is 13.7. The molecule has 0 aromatic carbocycles. The number of halogens is 7. The van der Waals surface area contributed by atoms with E-state index in [1.807, 2.05) is 6.07 Å². The number of pyridine rings is 2. The Morgan fingerprint density at radius 1 is 0.778 bits per heavy atom. The number of hydrogen-bond donors (Lipinski definition) is 0. The fourth-order valence-corrected chi connectivity index (χ4v) is 3.10. The van der Waals surface area contributed by atoms with Crippen molar-refractivity contribution in [2.45, 2.75) is 31.6 Å². The standard InChI is InChI=1S/C22H13F7N6.Pt/c1-20(2,15-7-4-8-18(32-15)35-10-9-16(34-35)21(24,25)26)14-6-3-5-12(30-14)13-11-17(23)33-19(31-13)22(27,28)29;/h3-9H,1-2H3;/q-2;+2. The number of alkyl halides is 6. The maximum atomic E-state index is 13.7. The normalized spacial score (nSPS) is 12.4. The predicted molar refractivity (Wildman–Crippen MR) is 106 cm³/mol. The Morgan fingerprint density at radius 2 is 1.42 bits per heavy atom. The Bertz CT molecular complexity index is 1380. The second kappa shape index (κ2) is 9.68. The van der Waals surface area contributed by atoms with Crippen LogP contribution in [0.4, 0.5) is 30.7 Å². The molecule has 0 aliphatic heterocycles. The van der Waals surface area contributed by atoms with Crippen molar-refractivity contribution < 1.29 is 51.8 Å². The van der Waals surface area contributed by atoms with Crippen molar-refractivity contribution in [2.24, 2.45) is 0 Å². The second-order valence-electron chi connectivity index (χ2n) is 7.79. The van der Waals surface area contributed by atoms with Gasteiger partial charge in [0, 0.05) is 16.8 Å². The molecule has 0 aliphatic carbocycles. The van der Waals surface area contributed by atoms with Gasteiger partial charge in [-0.25, -0.2) is 9.37 Å². The molecule has 0 radical (unpaired) electrons. The van der Waals surface area contributed by atoms with Gasteiger partial charge in [-0.1, -0.05) is 35.8 Å². The average Bonchev–Trinajstić information content (AvgIpc) is 3.29. The summed E-state index contributed by atoms with van der Waals surface area (Å²) < 4.78 is 92.2. The van der Waals surface area contributed by atoms with Crippen molar-refractivity contribution in [3.63, 3.8) is 0 Å². The van der Waals surface area contributed by atoms with Gasteiger partial charge in [0.15, 0.2) is 0 Å². The molecular formula is C22H13F7N6Pt. The van der Waals surface area contributed by atoms with E-state index >= 15 is 0 Å². The van der Waals surface area contributed by atoms with Crippen LogP contribution in [0.2, 0.25) is 0 Å². The number of nitrogens with zero attached hydrogens (tertiary/aromatic N) is 6. The molecule has 0 N–H and O–H groups in total. The van der Waals surface area contributed by atoms with Gasteiger partial charge in [0.05, 0.1) is 11.5 Å². The first-order chi connectivity index (χ1) is 16.2. The molecule has 0 saturated heterocycles. The molecule has 6 nitrogen and oxygen atoms in total. The van der Waals surface area contributed by atoms with Crippen molar-refractivity contribution in [1.82, 2.24) is 29.7 Å². The Morgan fingerprint density at radius 3 is 2.03 bits per heavy atom.